The minimum absolute atomic E-state index is 0.0668. The first kappa shape index (κ1) is 26.7. The zero-order valence-corrected chi connectivity index (χ0v) is 22.4. The van der Waals surface area contributed by atoms with Crippen LogP contribution in [0, 0.1) is 0 Å². The highest BCUT2D eigenvalue weighted by Gasteiger charge is 2.19. The molecule has 4 rings (SSSR count). The van der Waals surface area contributed by atoms with Crippen molar-refractivity contribution in [2.45, 2.75) is 39.2 Å². The summed E-state index contributed by atoms with van der Waals surface area (Å²) < 4.78 is 7.77. The molecule has 0 saturated carbocycles. The third-order valence-electron chi connectivity index (χ3n) is 6.25. The van der Waals surface area contributed by atoms with Crippen molar-refractivity contribution in [3.8, 4) is 11.5 Å². The third-order valence-corrected chi connectivity index (χ3v) is 6.76. The number of benzene rings is 2. The second kappa shape index (κ2) is 12.2. The van der Waals surface area contributed by atoms with Crippen LogP contribution in [0.3, 0.4) is 0 Å². The number of nitrogens with one attached hydrogen (secondary N) is 1. The Morgan fingerprint density at radius 2 is 2.00 bits per heavy atom. The molecule has 0 fully saturated rings. The molecule has 9 nitrogen and oxygen atoms in total. The van der Waals surface area contributed by atoms with E-state index >= 15 is 0 Å². The molecule has 5 N–H and O–H groups in total. The minimum Gasteiger partial charge on any atom is -0.504 e. The lowest BCUT2D eigenvalue weighted by Crippen LogP contribution is -2.28. The Labute approximate surface area is 223 Å². The third kappa shape index (κ3) is 6.14. The average Bonchev–Trinajstić information content (AvgIpc) is 3.26. The van der Waals surface area contributed by atoms with Crippen LogP contribution >= 0.6 is 15.9 Å². The van der Waals surface area contributed by atoms with Gasteiger partial charge in [0.25, 0.3) is 0 Å². The lowest BCUT2D eigenvalue weighted by molar-refractivity contribution is -0.118. The lowest BCUT2D eigenvalue weighted by Gasteiger charge is -2.13. The normalized spacial score (nSPS) is 11.4. The monoisotopic (exact) mass is 569 g/mol. The summed E-state index contributed by atoms with van der Waals surface area (Å²) >= 11 is 3.12. The van der Waals surface area contributed by atoms with E-state index in [9.17, 15) is 15.0 Å². The van der Waals surface area contributed by atoms with E-state index < -0.39 is 0 Å². The summed E-state index contributed by atoms with van der Waals surface area (Å²) in [6.07, 6.45) is 3.42. The van der Waals surface area contributed by atoms with Gasteiger partial charge in [0.1, 0.15) is 11.3 Å². The molecule has 10 heteroatoms. The largest absolute Gasteiger partial charge is 0.504 e. The van der Waals surface area contributed by atoms with E-state index in [1.165, 1.54) is 6.07 Å². The highest BCUT2D eigenvalue weighted by molar-refractivity contribution is 9.09. The Bertz CT molecular complexity index is 1410. The fourth-order valence-electron chi connectivity index (χ4n) is 4.33. The number of fused-ring (bicyclic) bond motifs is 3. The van der Waals surface area contributed by atoms with Crippen LogP contribution in [0.5, 0.6) is 11.5 Å². The number of nitrogens with two attached hydrogens (primary N) is 1. The first-order chi connectivity index (χ1) is 17.9. The maximum Gasteiger partial charge on any atom is 0.230 e. The maximum atomic E-state index is 11.3. The van der Waals surface area contributed by atoms with Gasteiger partial charge in [0.15, 0.2) is 17.3 Å². The topological polar surface area (TPSA) is 136 Å². The number of ether oxygens (including phenoxy) is 1. The summed E-state index contributed by atoms with van der Waals surface area (Å²) in [6.45, 7) is 3.88. The Hall–Kier alpha value is -3.37. The lowest BCUT2D eigenvalue weighted by atomic mass is 10.1. The van der Waals surface area contributed by atoms with Gasteiger partial charge in [-0.1, -0.05) is 47.5 Å². The number of aromatic hydroxyl groups is 2. The number of rotatable bonds is 12. The van der Waals surface area contributed by atoms with Gasteiger partial charge in [-0.15, -0.1) is 0 Å². The number of para-hydroxylation sites is 1. The van der Waals surface area contributed by atoms with Gasteiger partial charge in [-0.25, -0.2) is 9.97 Å². The summed E-state index contributed by atoms with van der Waals surface area (Å²) in [6, 6.07) is 11.0. The smallest absolute Gasteiger partial charge is 0.230 e. The van der Waals surface area contributed by atoms with Crippen molar-refractivity contribution in [3.63, 3.8) is 0 Å². The number of aromatic nitrogens is 3. The number of phenolic OH excluding ortho intramolecular Hbond substituents is 2. The van der Waals surface area contributed by atoms with Crippen LogP contribution < -0.4 is 11.1 Å². The molecule has 2 heterocycles. The van der Waals surface area contributed by atoms with Gasteiger partial charge >= 0.3 is 0 Å². The molecule has 0 aliphatic heterocycles. The molecule has 0 atom stereocenters. The Balaban J connectivity index is 1.68. The molecule has 0 saturated heterocycles. The Morgan fingerprint density at radius 1 is 1.16 bits per heavy atom. The molecule has 2 aromatic heterocycles. The summed E-state index contributed by atoms with van der Waals surface area (Å²) in [7, 11) is 0. The van der Waals surface area contributed by atoms with E-state index in [4.69, 9.17) is 15.5 Å². The number of nitrogens with zero attached hydrogens (tertiary/aromatic N) is 3. The standard InChI is InChI=1S/C27H32BrN5O4/c1-2-3-7-22-32-24-25(33(22)16-18-5-4-6-21(34)26(18)36)19-14-17(8-9-20(19)31-27(24)29)10-12-37-13-11-30-23(35)15-28/h4-6,8-9,14,34,36H,2-3,7,10-13,15-16H2,1H3,(H2,29,31)(H,30,35). The van der Waals surface area contributed by atoms with Crippen molar-refractivity contribution < 1.29 is 19.7 Å². The van der Waals surface area contributed by atoms with E-state index in [-0.39, 0.29) is 22.7 Å². The number of carbonyl (C=O) groups excluding carboxylic acids is 1. The average molecular weight is 570 g/mol. The molecule has 1 amide bonds. The van der Waals surface area contributed by atoms with E-state index in [0.717, 1.165) is 47.1 Å². The van der Waals surface area contributed by atoms with Gasteiger partial charge in [0.05, 0.1) is 36.1 Å². The molecule has 0 aliphatic rings. The number of nitrogen functional groups attached to an aromatic ring is 1. The van der Waals surface area contributed by atoms with Crippen LogP contribution in [0.15, 0.2) is 36.4 Å². The second-order valence-corrected chi connectivity index (χ2v) is 9.46. The molecule has 0 bridgehead atoms. The second-order valence-electron chi connectivity index (χ2n) is 8.89. The summed E-state index contributed by atoms with van der Waals surface area (Å²) in [5.74, 6) is 0.864. The highest BCUT2D eigenvalue weighted by Crippen LogP contribution is 2.34. The fourth-order valence-corrected chi connectivity index (χ4v) is 4.53. The van der Waals surface area contributed by atoms with Crippen LogP contribution in [0.25, 0.3) is 21.9 Å². The number of imidazole rings is 1. The van der Waals surface area contributed by atoms with Gasteiger partial charge < -0.3 is 30.6 Å². The van der Waals surface area contributed by atoms with Crippen molar-refractivity contribution >= 4 is 49.6 Å². The summed E-state index contributed by atoms with van der Waals surface area (Å²) in [4.78, 5) is 20.8. The number of phenols is 2. The van der Waals surface area contributed by atoms with Crippen molar-refractivity contribution in [1.82, 2.24) is 19.9 Å². The molecule has 0 spiro atoms. The molecule has 37 heavy (non-hydrogen) atoms. The van der Waals surface area contributed by atoms with Gasteiger partial charge in [0, 0.05) is 23.9 Å². The van der Waals surface area contributed by atoms with E-state index in [1.54, 1.807) is 12.1 Å². The van der Waals surface area contributed by atoms with E-state index in [1.807, 2.05) is 12.1 Å². The number of alkyl halides is 1. The zero-order chi connectivity index (χ0) is 26.4. The molecule has 0 aliphatic carbocycles. The predicted molar refractivity (Wildman–Crippen MR) is 148 cm³/mol. The van der Waals surface area contributed by atoms with Crippen LogP contribution in [-0.4, -0.2) is 55.7 Å². The first-order valence-electron chi connectivity index (χ1n) is 12.4. The number of aryl methyl sites for hydroxylation is 1. The van der Waals surface area contributed by atoms with Gasteiger partial charge in [-0.2, -0.15) is 0 Å². The molecular weight excluding hydrogens is 538 g/mol. The quantitative estimate of drug-likeness (QED) is 0.115. The van der Waals surface area contributed by atoms with Crippen LogP contribution in [0.2, 0.25) is 0 Å². The highest BCUT2D eigenvalue weighted by atomic mass is 79.9. The predicted octanol–water partition coefficient (Wildman–Crippen LogP) is 4.04. The molecule has 0 unspecified atom stereocenters. The molecule has 196 valence electrons. The Morgan fingerprint density at radius 3 is 2.78 bits per heavy atom. The number of hydrogen-bond acceptors (Lipinski definition) is 7. The van der Waals surface area contributed by atoms with Crippen LogP contribution in [0.1, 0.15) is 36.7 Å². The molecule has 2 aromatic carbocycles. The number of pyridine rings is 1. The van der Waals surface area contributed by atoms with E-state index in [2.05, 4.69) is 43.8 Å². The SMILES string of the molecule is CCCCc1nc2c(N)nc3ccc(CCOCCNC(=O)CBr)cc3c2n1Cc1cccc(O)c1O. The number of hydrogen-bond donors (Lipinski definition) is 4. The molecular formula is C27H32BrN5O4. The van der Waals surface area contributed by atoms with Gasteiger partial charge in [-0.3, -0.25) is 4.79 Å². The van der Waals surface area contributed by atoms with Gasteiger partial charge in [-0.05, 0) is 36.6 Å². The first-order valence-corrected chi connectivity index (χ1v) is 13.5. The molecule has 4 aromatic rings. The van der Waals surface area contributed by atoms with Crippen molar-refractivity contribution in [2.75, 3.05) is 30.8 Å². The van der Waals surface area contributed by atoms with Gasteiger partial charge in [0.2, 0.25) is 5.91 Å². The Kier molecular flexibility index (Phi) is 8.83. The van der Waals surface area contributed by atoms with Crippen LogP contribution in [0.4, 0.5) is 5.82 Å². The summed E-state index contributed by atoms with van der Waals surface area (Å²) in [5.41, 5.74) is 10.3. The van der Waals surface area contributed by atoms with E-state index in [0.29, 0.717) is 49.6 Å². The maximum absolute atomic E-state index is 11.3. The number of unbranched alkanes of at least 4 members (excludes halogenated alkanes) is 1. The zero-order valence-electron chi connectivity index (χ0n) is 20.8. The number of anilines is 1. The van der Waals surface area contributed by atoms with Crippen LogP contribution in [-0.2, 0) is 28.9 Å². The number of carbonyl (C=O) groups is 1. The summed E-state index contributed by atoms with van der Waals surface area (Å²) in [5, 5.41) is 24.5. The minimum atomic E-state index is -0.155. The molecule has 0 radical (unpaired) electrons. The van der Waals surface area contributed by atoms with Crippen molar-refractivity contribution in [3.05, 3.63) is 53.3 Å². The van der Waals surface area contributed by atoms with Crippen molar-refractivity contribution in [1.29, 1.82) is 0 Å². The number of amides is 1. The fraction of sp³-hybridized carbons (Fsp3) is 0.370. The van der Waals surface area contributed by atoms with Crippen molar-refractivity contribution in [2.24, 2.45) is 0 Å². The number of halogens is 1.